The van der Waals surface area contributed by atoms with Gasteiger partial charge in [-0.25, -0.2) is 14.4 Å². The molecule has 0 atom stereocenters. The third-order valence-corrected chi connectivity index (χ3v) is 3.31. The Labute approximate surface area is 166 Å². The van der Waals surface area contributed by atoms with Gasteiger partial charge in [-0.05, 0) is 48.5 Å². The van der Waals surface area contributed by atoms with E-state index in [0.29, 0.717) is 22.8 Å². The summed E-state index contributed by atoms with van der Waals surface area (Å²) in [6.07, 6.45) is 2.06. The highest BCUT2D eigenvalue weighted by Gasteiger charge is 2.09. The van der Waals surface area contributed by atoms with Gasteiger partial charge < -0.3 is 23.7 Å². The lowest BCUT2D eigenvalue weighted by atomic mass is 10.2. The van der Waals surface area contributed by atoms with Crippen LogP contribution < -0.4 is 14.2 Å². The summed E-state index contributed by atoms with van der Waals surface area (Å²) in [6, 6.07) is 12.3. The first-order valence-corrected chi connectivity index (χ1v) is 8.28. The Morgan fingerprint density at radius 2 is 1.10 bits per heavy atom. The van der Waals surface area contributed by atoms with Gasteiger partial charge in [0.15, 0.2) is 0 Å². The van der Waals surface area contributed by atoms with Gasteiger partial charge >= 0.3 is 17.9 Å². The van der Waals surface area contributed by atoms with Crippen LogP contribution in [-0.4, -0.2) is 31.5 Å². The summed E-state index contributed by atoms with van der Waals surface area (Å²) in [5.41, 5.74) is 0.303. The van der Waals surface area contributed by atoms with Crippen molar-refractivity contribution in [1.29, 1.82) is 0 Å². The van der Waals surface area contributed by atoms with Gasteiger partial charge in [-0.3, -0.25) is 0 Å². The summed E-state index contributed by atoms with van der Waals surface area (Å²) in [6.45, 7) is 6.01. The average Bonchev–Trinajstić information content (AvgIpc) is 2.75. The molecule has 2 aromatic carbocycles. The van der Waals surface area contributed by atoms with Gasteiger partial charge in [0, 0.05) is 12.2 Å². The Bertz CT molecular complexity index is 869. The number of ether oxygens (including phenoxy) is 5. The predicted molar refractivity (Wildman–Crippen MR) is 101 cm³/mol. The average molecular weight is 398 g/mol. The molecule has 8 nitrogen and oxygen atoms in total. The number of rotatable bonds is 10. The molecule has 0 heterocycles. The highest BCUT2D eigenvalue weighted by atomic mass is 16.7. The van der Waals surface area contributed by atoms with Gasteiger partial charge in [-0.2, -0.15) is 0 Å². The van der Waals surface area contributed by atoms with E-state index in [-0.39, 0.29) is 13.6 Å². The normalized spacial score (nSPS) is 9.66. The predicted octanol–water partition coefficient (Wildman–Crippen LogP) is 3.04. The van der Waals surface area contributed by atoms with Crippen LogP contribution in [0.1, 0.15) is 10.4 Å². The number of benzene rings is 2. The summed E-state index contributed by atoms with van der Waals surface area (Å²) in [4.78, 5) is 34.0. The maximum atomic E-state index is 12.2. The van der Waals surface area contributed by atoms with Crippen molar-refractivity contribution in [2.45, 2.75) is 0 Å². The number of carbonyl (C=O) groups excluding carboxylic acids is 3. The second kappa shape index (κ2) is 10.9. The third-order valence-electron chi connectivity index (χ3n) is 3.31. The Kier molecular flexibility index (Phi) is 8.00. The fraction of sp³-hybridized carbons (Fsp3) is 0.0952. The Balaban J connectivity index is 1.83. The fourth-order valence-corrected chi connectivity index (χ4v) is 1.89. The molecule has 0 saturated carbocycles. The second-order valence-corrected chi connectivity index (χ2v) is 5.24. The van der Waals surface area contributed by atoms with Gasteiger partial charge in [0.1, 0.15) is 17.2 Å². The first kappa shape index (κ1) is 21.2. The molecule has 0 spiro atoms. The first-order valence-electron chi connectivity index (χ1n) is 8.28. The minimum absolute atomic E-state index is 0.259. The van der Waals surface area contributed by atoms with Crippen LogP contribution in [0.2, 0.25) is 0 Å². The van der Waals surface area contributed by atoms with E-state index in [2.05, 4.69) is 13.2 Å². The molecule has 0 aliphatic rings. The number of hydrogen-bond donors (Lipinski definition) is 0. The molecule has 0 N–H and O–H groups in total. The van der Waals surface area contributed by atoms with E-state index in [9.17, 15) is 14.4 Å². The highest BCUT2D eigenvalue weighted by molar-refractivity contribution is 5.91. The monoisotopic (exact) mass is 398 g/mol. The summed E-state index contributed by atoms with van der Waals surface area (Å²) in [7, 11) is 0. The standard InChI is InChI=1S/C21H18O8/c1-3-19(22)27-13-25-16-7-5-15(6-8-16)21(24)29-18-11-9-17(10-12-18)26-14-28-20(23)4-2/h3-12H,1-2,13-14H2. The van der Waals surface area contributed by atoms with Crippen LogP contribution in [0.15, 0.2) is 73.8 Å². The Hall–Kier alpha value is -4.07. The van der Waals surface area contributed by atoms with E-state index in [4.69, 9.17) is 23.7 Å². The van der Waals surface area contributed by atoms with E-state index in [1.54, 1.807) is 24.3 Å². The minimum atomic E-state index is -0.598. The molecular weight excluding hydrogens is 380 g/mol. The van der Waals surface area contributed by atoms with E-state index in [0.717, 1.165) is 12.2 Å². The molecule has 0 fully saturated rings. The zero-order valence-electron chi connectivity index (χ0n) is 15.4. The summed E-state index contributed by atoms with van der Waals surface area (Å²) < 4.78 is 25.1. The maximum Gasteiger partial charge on any atom is 0.343 e. The van der Waals surface area contributed by atoms with Crippen LogP contribution in [-0.2, 0) is 19.1 Å². The van der Waals surface area contributed by atoms with E-state index in [1.165, 1.54) is 24.3 Å². The third kappa shape index (κ3) is 7.22. The lowest BCUT2D eigenvalue weighted by Crippen LogP contribution is -2.10. The van der Waals surface area contributed by atoms with Crippen molar-refractivity contribution in [3.63, 3.8) is 0 Å². The lowest BCUT2D eigenvalue weighted by molar-refractivity contribution is -0.145. The first-order chi connectivity index (χ1) is 14.0. The number of hydrogen-bond acceptors (Lipinski definition) is 8. The quantitative estimate of drug-likeness (QED) is 0.261. The van der Waals surface area contributed by atoms with Gasteiger partial charge in [-0.1, -0.05) is 13.2 Å². The molecule has 0 unspecified atom stereocenters. The molecule has 0 aliphatic heterocycles. The maximum absolute atomic E-state index is 12.2. The Morgan fingerprint density at radius 1 is 0.690 bits per heavy atom. The van der Waals surface area contributed by atoms with E-state index in [1.807, 2.05) is 0 Å². The van der Waals surface area contributed by atoms with Crippen LogP contribution in [0.3, 0.4) is 0 Å². The zero-order valence-corrected chi connectivity index (χ0v) is 15.4. The molecule has 0 saturated heterocycles. The number of carbonyl (C=O) groups is 3. The van der Waals surface area contributed by atoms with Crippen LogP contribution in [0, 0.1) is 0 Å². The smallest absolute Gasteiger partial charge is 0.343 e. The van der Waals surface area contributed by atoms with Gasteiger partial charge in [0.2, 0.25) is 13.6 Å². The second-order valence-electron chi connectivity index (χ2n) is 5.24. The van der Waals surface area contributed by atoms with E-state index < -0.39 is 17.9 Å². The zero-order chi connectivity index (χ0) is 21.1. The molecule has 2 aromatic rings. The van der Waals surface area contributed by atoms with Crippen molar-refractivity contribution in [2.24, 2.45) is 0 Å². The topological polar surface area (TPSA) is 97.4 Å². The Morgan fingerprint density at radius 3 is 1.55 bits per heavy atom. The molecule has 0 aliphatic carbocycles. The number of esters is 3. The largest absolute Gasteiger partial charge is 0.457 e. The van der Waals surface area contributed by atoms with Gasteiger partial charge in [0.25, 0.3) is 0 Å². The molecule has 8 heteroatoms. The van der Waals surface area contributed by atoms with E-state index >= 15 is 0 Å². The highest BCUT2D eigenvalue weighted by Crippen LogP contribution is 2.19. The van der Waals surface area contributed by atoms with Crippen LogP contribution >= 0.6 is 0 Å². The molecule has 0 bridgehead atoms. The molecule has 2 rings (SSSR count). The minimum Gasteiger partial charge on any atom is -0.457 e. The lowest BCUT2D eigenvalue weighted by Gasteiger charge is -2.08. The van der Waals surface area contributed by atoms with Gasteiger partial charge in [0.05, 0.1) is 5.56 Å². The van der Waals surface area contributed by atoms with Gasteiger partial charge in [-0.15, -0.1) is 0 Å². The van der Waals surface area contributed by atoms with Crippen LogP contribution in [0.25, 0.3) is 0 Å². The van der Waals surface area contributed by atoms with Crippen molar-refractivity contribution >= 4 is 17.9 Å². The molecular formula is C21H18O8. The van der Waals surface area contributed by atoms with Crippen molar-refractivity contribution in [3.05, 3.63) is 79.4 Å². The van der Waals surface area contributed by atoms with Crippen molar-refractivity contribution < 1.29 is 38.1 Å². The summed E-state index contributed by atoms with van der Waals surface area (Å²) >= 11 is 0. The molecule has 29 heavy (non-hydrogen) atoms. The van der Waals surface area contributed by atoms with Crippen LogP contribution in [0.4, 0.5) is 0 Å². The van der Waals surface area contributed by atoms with Crippen molar-refractivity contribution in [2.75, 3.05) is 13.6 Å². The van der Waals surface area contributed by atoms with Crippen molar-refractivity contribution in [1.82, 2.24) is 0 Å². The summed E-state index contributed by atoms with van der Waals surface area (Å²) in [5.74, 6) is -0.605. The molecule has 0 radical (unpaired) electrons. The molecule has 150 valence electrons. The summed E-state index contributed by atoms with van der Waals surface area (Å²) in [5, 5.41) is 0. The van der Waals surface area contributed by atoms with Crippen molar-refractivity contribution in [3.8, 4) is 17.2 Å². The van der Waals surface area contributed by atoms with Crippen LogP contribution in [0.5, 0.6) is 17.2 Å². The fourth-order valence-electron chi connectivity index (χ4n) is 1.89. The molecule has 0 aromatic heterocycles. The SMILES string of the molecule is C=CC(=O)OCOc1ccc(OC(=O)c2ccc(OCOC(=O)C=C)cc2)cc1. The molecule has 0 amide bonds.